The Morgan fingerprint density at radius 2 is 1.34 bits per heavy atom. The van der Waals surface area contributed by atoms with E-state index in [9.17, 15) is 4.79 Å². The standard InChI is InChI=1S/C28H29IO6/c1-19-25(31-17-21-9-5-3-6-10-21)26(32-18-22-11-7-4-8-12-22)27(34-20(2)30)28(33-19)35-24-15-13-23(29)14-16-24/h3-16,19,25-28H,17-18H2,1-2H3/t19-,25-,26+,27+,28-/m0/s1. The van der Waals surface area contributed by atoms with E-state index in [4.69, 9.17) is 23.7 Å². The van der Waals surface area contributed by atoms with Crippen LogP contribution in [0.4, 0.5) is 0 Å². The lowest BCUT2D eigenvalue weighted by molar-refractivity contribution is -0.292. The summed E-state index contributed by atoms with van der Waals surface area (Å²) in [5.74, 6) is 0.171. The molecule has 1 aliphatic rings. The van der Waals surface area contributed by atoms with Crippen LogP contribution in [0.1, 0.15) is 25.0 Å². The van der Waals surface area contributed by atoms with Crippen molar-refractivity contribution in [2.24, 2.45) is 0 Å². The number of hydrogen-bond acceptors (Lipinski definition) is 6. The second-order valence-electron chi connectivity index (χ2n) is 8.38. The highest BCUT2D eigenvalue weighted by molar-refractivity contribution is 14.1. The van der Waals surface area contributed by atoms with Gasteiger partial charge in [0.1, 0.15) is 18.0 Å². The van der Waals surface area contributed by atoms with E-state index in [-0.39, 0.29) is 6.10 Å². The molecular formula is C28H29IO6. The zero-order valence-corrected chi connectivity index (χ0v) is 21.9. The lowest BCUT2D eigenvalue weighted by Gasteiger charge is -2.44. The van der Waals surface area contributed by atoms with Gasteiger partial charge in [0.15, 0.2) is 6.10 Å². The normalized spacial score (nSPS) is 24.0. The molecule has 5 atom stereocenters. The molecule has 6 nitrogen and oxygen atoms in total. The second-order valence-corrected chi connectivity index (χ2v) is 9.62. The van der Waals surface area contributed by atoms with Crippen LogP contribution in [-0.2, 0) is 37.0 Å². The Kier molecular flexibility index (Phi) is 9.14. The average Bonchev–Trinajstić information content (AvgIpc) is 2.86. The highest BCUT2D eigenvalue weighted by atomic mass is 127. The molecule has 0 aliphatic carbocycles. The van der Waals surface area contributed by atoms with Crippen molar-refractivity contribution in [2.45, 2.75) is 57.8 Å². The Morgan fingerprint density at radius 1 is 0.800 bits per heavy atom. The fraction of sp³-hybridized carbons (Fsp3) is 0.321. The van der Waals surface area contributed by atoms with E-state index in [1.807, 2.05) is 91.9 Å². The molecule has 0 spiro atoms. The van der Waals surface area contributed by atoms with Gasteiger partial charge in [-0.1, -0.05) is 60.7 Å². The molecule has 3 aromatic carbocycles. The molecule has 0 aromatic heterocycles. The maximum atomic E-state index is 12.1. The number of hydrogen-bond donors (Lipinski definition) is 0. The second kappa shape index (κ2) is 12.5. The van der Waals surface area contributed by atoms with Crippen molar-refractivity contribution in [3.8, 4) is 5.75 Å². The largest absolute Gasteiger partial charge is 0.461 e. The third-order valence-electron chi connectivity index (χ3n) is 5.67. The minimum atomic E-state index is -0.855. The number of rotatable bonds is 9. The predicted molar refractivity (Wildman–Crippen MR) is 140 cm³/mol. The summed E-state index contributed by atoms with van der Waals surface area (Å²) in [6.07, 6.45) is -3.15. The van der Waals surface area contributed by atoms with Crippen LogP contribution in [0, 0.1) is 3.57 Å². The van der Waals surface area contributed by atoms with Gasteiger partial charge < -0.3 is 23.7 Å². The van der Waals surface area contributed by atoms with Gasteiger partial charge in [0, 0.05) is 10.5 Å². The average molecular weight is 588 g/mol. The number of halogens is 1. The summed E-state index contributed by atoms with van der Waals surface area (Å²) >= 11 is 2.23. The maximum Gasteiger partial charge on any atom is 0.303 e. The van der Waals surface area contributed by atoms with Crippen molar-refractivity contribution in [3.63, 3.8) is 0 Å². The summed E-state index contributed by atoms with van der Waals surface area (Å²) in [6.45, 7) is 3.99. The van der Waals surface area contributed by atoms with Crippen molar-refractivity contribution in [3.05, 3.63) is 99.6 Å². The van der Waals surface area contributed by atoms with Crippen LogP contribution in [0.3, 0.4) is 0 Å². The summed E-state index contributed by atoms with van der Waals surface area (Å²) in [5.41, 5.74) is 2.04. The van der Waals surface area contributed by atoms with E-state index in [0.29, 0.717) is 19.0 Å². The lowest BCUT2D eigenvalue weighted by atomic mass is 9.98. The summed E-state index contributed by atoms with van der Waals surface area (Å²) < 4.78 is 31.9. The Balaban J connectivity index is 1.58. The van der Waals surface area contributed by atoms with Gasteiger partial charge in [0.25, 0.3) is 0 Å². The van der Waals surface area contributed by atoms with Crippen molar-refractivity contribution < 1.29 is 28.5 Å². The first-order chi connectivity index (χ1) is 17.0. The predicted octanol–water partition coefficient (Wildman–Crippen LogP) is 5.52. The van der Waals surface area contributed by atoms with Crippen molar-refractivity contribution in [1.29, 1.82) is 0 Å². The van der Waals surface area contributed by atoms with Gasteiger partial charge >= 0.3 is 5.97 Å². The Labute approximate surface area is 219 Å². The summed E-state index contributed by atoms with van der Waals surface area (Å²) in [6, 6.07) is 27.4. The third kappa shape index (κ3) is 7.27. The zero-order valence-electron chi connectivity index (χ0n) is 19.7. The minimum absolute atomic E-state index is 0.331. The van der Waals surface area contributed by atoms with Crippen molar-refractivity contribution >= 4 is 28.6 Å². The molecule has 4 rings (SSSR count). The van der Waals surface area contributed by atoms with Crippen LogP contribution in [0.2, 0.25) is 0 Å². The van der Waals surface area contributed by atoms with Gasteiger partial charge in [0.2, 0.25) is 6.29 Å². The molecule has 35 heavy (non-hydrogen) atoms. The van der Waals surface area contributed by atoms with Crippen molar-refractivity contribution in [1.82, 2.24) is 0 Å². The van der Waals surface area contributed by atoms with Gasteiger partial charge in [-0.3, -0.25) is 4.79 Å². The molecule has 0 N–H and O–H groups in total. The molecule has 1 aliphatic heterocycles. The number of carbonyl (C=O) groups excluding carboxylic acids is 1. The smallest absolute Gasteiger partial charge is 0.303 e. The van der Waals surface area contributed by atoms with Crippen LogP contribution in [-0.4, -0.2) is 36.7 Å². The highest BCUT2D eigenvalue weighted by Crippen LogP contribution is 2.31. The monoisotopic (exact) mass is 588 g/mol. The molecule has 184 valence electrons. The van der Waals surface area contributed by atoms with E-state index < -0.39 is 30.6 Å². The molecule has 1 heterocycles. The van der Waals surface area contributed by atoms with E-state index in [0.717, 1.165) is 14.7 Å². The lowest BCUT2D eigenvalue weighted by Crippen LogP contribution is -2.61. The molecule has 7 heteroatoms. The molecule has 1 saturated heterocycles. The molecule has 0 bridgehead atoms. The number of ether oxygens (including phenoxy) is 5. The van der Waals surface area contributed by atoms with Gasteiger partial charge in [-0.15, -0.1) is 0 Å². The zero-order chi connectivity index (χ0) is 24.6. The molecule has 0 amide bonds. The van der Waals surface area contributed by atoms with Crippen molar-refractivity contribution in [2.75, 3.05) is 0 Å². The van der Waals surface area contributed by atoms with Gasteiger partial charge in [-0.2, -0.15) is 0 Å². The Morgan fingerprint density at radius 3 is 1.89 bits per heavy atom. The molecule has 0 unspecified atom stereocenters. The van der Waals surface area contributed by atoms with Crippen LogP contribution in [0.15, 0.2) is 84.9 Å². The first-order valence-corrected chi connectivity index (χ1v) is 12.6. The highest BCUT2D eigenvalue weighted by Gasteiger charge is 2.49. The molecule has 0 radical (unpaired) electrons. The first kappa shape index (κ1) is 25.6. The molecular weight excluding hydrogens is 559 g/mol. The van der Waals surface area contributed by atoms with E-state index in [1.165, 1.54) is 6.92 Å². The minimum Gasteiger partial charge on any atom is -0.461 e. The van der Waals surface area contributed by atoms with Crippen LogP contribution in [0.25, 0.3) is 0 Å². The molecule has 3 aromatic rings. The number of carbonyl (C=O) groups is 1. The summed E-state index contributed by atoms with van der Waals surface area (Å²) in [7, 11) is 0. The van der Waals surface area contributed by atoms with E-state index in [1.54, 1.807) is 0 Å². The fourth-order valence-electron chi connectivity index (χ4n) is 3.99. The molecule has 0 saturated carbocycles. The van der Waals surface area contributed by atoms with E-state index >= 15 is 0 Å². The fourth-order valence-corrected chi connectivity index (χ4v) is 4.34. The summed E-state index contributed by atoms with van der Waals surface area (Å²) in [4.78, 5) is 12.1. The third-order valence-corrected chi connectivity index (χ3v) is 6.38. The first-order valence-electron chi connectivity index (χ1n) is 11.6. The summed E-state index contributed by atoms with van der Waals surface area (Å²) in [5, 5.41) is 0. The van der Waals surface area contributed by atoms with Gasteiger partial charge in [-0.05, 0) is 64.9 Å². The Hall–Kier alpha value is -2.46. The topological polar surface area (TPSA) is 63.2 Å². The van der Waals surface area contributed by atoms with Crippen LogP contribution < -0.4 is 4.74 Å². The van der Waals surface area contributed by atoms with Crippen LogP contribution >= 0.6 is 22.6 Å². The maximum absolute atomic E-state index is 12.1. The molecule has 1 fully saturated rings. The SMILES string of the molecule is CC(=O)O[C@H]1[C@H](Oc2ccc(I)cc2)O[C@@H](C)[C@H](OCc2ccccc2)[C@H]1OCc1ccccc1. The Bertz CT molecular complexity index is 1060. The number of esters is 1. The van der Waals surface area contributed by atoms with Gasteiger partial charge in [-0.25, -0.2) is 0 Å². The van der Waals surface area contributed by atoms with Gasteiger partial charge in [0.05, 0.1) is 19.3 Å². The van der Waals surface area contributed by atoms with E-state index in [2.05, 4.69) is 22.6 Å². The number of benzene rings is 3. The van der Waals surface area contributed by atoms with Crippen LogP contribution in [0.5, 0.6) is 5.75 Å². The quantitative estimate of drug-likeness (QED) is 0.243.